The molecule has 2 atom stereocenters. The molecular weight excluding hydrogens is 202 g/mol. The SMILES string of the molecule is N#CCC(O)C(O)c1c(O)nc[nH]c1=O. The van der Waals surface area contributed by atoms with Gasteiger partial charge in [0, 0.05) is 0 Å². The summed E-state index contributed by atoms with van der Waals surface area (Å²) in [6.45, 7) is 0. The van der Waals surface area contributed by atoms with Gasteiger partial charge >= 0.3 is 0 Å². The molecule has 0 aliphatic rings. The maximum absolute atomic E-state index is 11.2. The molecule has 0 amide bonds. The third-order valence-electron chi connectivity index (χ3n) is 1.83. The fourth-order valence-electron chi connectivity index (χ4n) is 1.07. The van der Waals surface area contributed by atoms with Gasteiger partial charge in [-0.3, -0.25) is 4.79 Å². The van der Waals surface area contributed by atoms with Crippen molar-refractivity contribution >= 4 is 0 Å². The number of nitriles is 1. The highest BCUT2D eigenvalue weighted by Crippen LogP contribution is 2.21. The Morgan fingerprint density at radius 2 is 2.27 bits per heavy atom. The van der Waals surface area contributed by atoms with Crippen LogP contribution in [0.15, 0.2) is 11.1 Å². The Labute approximate surface area is 84.3 Å². The van der Waals surface area contributed by atoms with E-state index >= 15 is 0 Å². The molecule has 0 saturated carbocycles. The van der Waals surface area contributed by atoms with Crippen LogP contribution in [0.2, 0.25) is 0 Å². The van der Waals surface area contributed by atoms with Gasteiger partial charge in [0.1, 0.15) is 11.7 Å². The van der Waals surface area contributed by atoms with Crippen molar-refractivity contribution in [2.75, 3.05) is 0 Å². The Bertz CT molecular complexity index is 436. The van der Waals surface area contributed by atoms with Crippen molar-refractivity contribution in [1.82, 2.24) is 9.97 Å². The average Bonchev–Trinajstić information content (AvgIpc) is 2.17. The number of aliphatic hydroxyl groups is 2. The number of hydrogen-bond acceptors (Lipinski definition) is 6. The number of aliphatic hydroxyl groups excluding tert-OH is 2. The number of rotatable bonds is 3. The summed E-state index contributed by atoms with van der Waals surface area (Å²) in [6.07, 6.45) is -2.47. The van der Waals surface area contributed by atoms with Gasteiger partial charge in [0.15, 0.2) is 0 Å². The molecule has 15 heavy (non-hydrogen) atoms. The largest absolute Gasteiger partial charge is 0.493 e. The fraction of sp³-hybridized carbons (Fsp3) is 0.375. The molecule has 2 unspecified atom stereocenters. The Kier molecular flexibility index (Phi) is 3.38. The molecule has 0 saturated heterocycles. The summed E-state index contributed by atoms with van der Waals surface area (Å²) in [7, 11) is 0. The van der Waals surface area contributed by atoms with Gasteiger partial charge in [0.05, 0.1) is 24.9 Å². The molecule has 1 heterocycles. The quantitative estimate of drug-likeness (QED) is 0.496. The molecule has 7 nitrogen and oxygen atoms in total. The first-order chi connectivity index (χ1) is 7.07. The lowest BCUT2D eigenvalue weighted by molar-refractivity contribution is 0.0189. The van der Waals surface area contributed by atoms with E-state index in [1.807, 2.05) is 0 Å². The molecule has 0 bridgehead atoms. The topological polar surface area (TPSA) is 130 Å². The molecule has 4 N–H and O–H groups in total. The van der Waals surface area contributed by atoms with Gasteiger partial charge in [-0.1, -0.05) is 0 Å². The third kappa shape index (κ3) is 2.31. The van der Waals surface area contributed by atoms with Gasteiger partial charge in [-0.05, 0) is 0 Å². The molecule has 0 aliphatic heterocycles. The van der Waals surface area contributed by atoms with Crippen LogP contribution in [0, 0.1) is 11.3 Å². The molecule has 1 aromatic rings. The highest BCUT2D eigenvalue weighted by Gasteiger charge is 2.24. The zero-order valence-electron chi connectivity index (χ0n) is 7.58. The first-order valence-corrected chi connectivity index (χ1v) is 4.07. The summed E-state index contributed by atoms with van der Waals surface area (Å²) >= 11 is 0. The Hall–Kier alpha value is -1.91. The molecule has 7 heteroatoms. The lowest BCUT2D eigenvalue weighted by Gasteiger charge is -2.14. The Morgan fingerprint density at radius 1 is 1.60 bits per heavy atom. The summed E-state index contributed by atoms with van der Waals surface area (Å²) in [5.74, 6) is -0.664. The van der Waals surface area contributed by atoms with Crippen LogP contribution >= 0.6 is 0 Å². The van der Waals surface area contributed by atoms with Crippen molar-refractivity contribution in [3.8, 4) is 11.9 Å². The minimum atomic E-state index is -1.64. The lowest BCUT2D eigenvalue weighted by Crippen LogP contribution is -2.25. The van der Waals surface area contributed by atoms with E-state index in [4.69, 9.17) is 5.26 Å². The van der Waals surface area contributed by atoms with Crippen molar-refractivity contribution in [3.05, 3.63) is 22.2 Å². The maximum atomic E-state index is 11.2. The van der Waals surface area contributed by atoms with Crippen molar-refractivity contribution in [3.63, 3.8) is 0 Å². The lowest BCUT2D eigenvalue weighted by atomic mass is 10.1. The van der Waals surface area contributed by atoms with E-state index in [9.17, 15) is 20.1 Å². The Balaban J connectivity index is 3.06. The highest BCUT2D eigenvalue weighted by atomic mass is 16.3. The second kappa shape index (κ2) is 4.54. The summed E-state index contributed by atoms with van der Waals surface area (Å²) in [6, 6.07) is 1.63. The molecule has 1 aromatic heterocycles. The van der Waals surface area contributed by atoms with E-state index in [2.05, 4.69) is 9.97 Å². The van der Waals surface area contributed by atoms with E-state index in [1.54, 1.807) is 6.07 Å². The minimum absolute atomic E-state index is 0.352. The van der Waals surface area contributed by atoms with Gasteiger partial charge in [-0.2, -0.15) is 5.26 Å². The van der Waals surface area contributed by atoms with Crippen molar-refractivity contribution < 1.29 is 15.3 Å². The molecule has 0 radical (unpaired) electrons. The molecule has 80 valence electrons. The molecule has 0 aromatic carbocycles. The van der Waals surface area contributed by atoms with Crippen molar-refractivity contribution in [2.24, 2.45) is 0 Å². The van der Waals surface area contributed by atoms with Crippen LogP contribution in [0.3, 0.4) is 0 Å². The second-order valence-corrected chi connectivity index (χ2v) is 2.84. The van der Waals surface area contributed by atoms with Crippen LogP contribution in [0.25, 0.3) is 0 Å². The van der Waals surface area contributed by atoms with Crippen molar-refractivity contribution in [2.45, 2.75) is 18.6 Å². The van der Waals surface area contributed by atoms with Gasteiger partial charge in [-0.15, -0.1) is 0 Å². The van der Waals surface area contributed by atoms with Crippen LogP contribution in [0.1, 0.15) is 18.1 Å². The monoisotopic (exact) mass is 211 g/mol. The molecule has 1 rings (SSSR count). The van der Waals surface area contributed by atoms with Crippen LogP contribution in [-0.4, -0.2) is 31.4 Å². The van der Waals surface area contributed by atoms with Gasteiger partial charge < -0.3 is 20.3 Å². The van der Waals surface area contributed by atoms with Crippen LogP contribution in [0.4, 0.5) is 0 Å². The first-order valence-electron chi connectivity index (χ1n) is 4.07. The maximum Gasteiger partial charge on any atom is 0.260 e. The second-order valence-electron chi connectivity index (χ2n) is 2.84. The minimum Gasteiger partial charge on any atom is -0.493 e. The summed E-state index contributed by atoms with van der Waals surface area (Å²) < 4.78 is 0. The normalized spacial score (nSPS) is 14.2. The summed E-state index contributed by atoms with van der Waals surface area (Å²) in [5.41, 5.74) is -1.20. The van der Waals surface area contributed by atoms with Crippen LogP contribution < -0.4 is 5.56 Å². The number of aromatic hydroxyl groups is 1. The van der Waals surface area contributed by atoms with E-state index in [0.717, 1.165) is 6.33 Å². The molecular formula is C8H9N3O4. The van der Waals surface area contributed by atoms with Gasteiger partial charge in [0.2, 0.25) is 5.88 Å². The summed E-state index contributed by atoms with van der Waals surface area (Å²) in [4.78, 5) is 16.7. The smallest absolute Gasteiger partial charge is 0.260 e. The summed E-state index contributed by atoms with van der Waals surface area (Å²) in [5, 5.41) is 36.2. The highest BCUT2D eigenvalue weighted by molar-refractivity contribution is 5.24. The van der Waals surface area contributed by atoms with E-state index in [1.165, 1.54) is 0 Å². The predicted molar refractivity (Wildman–Crippen MR) is 47.7 cm³/mol. The van der Waals surface area contributed by atoms with Crippen molar-refractivity contribution in [1.29, 1.82) is 5.26 Å². The zero-order chi connectivity index (χ0) is 11.4. The predicted octanol–water partition coefficient (Wildman–Crippen LogP) is -1.22. The number of aromatic nitrogens is 2. The number of H-pyrrole nitrogens is 1. The van der Waals surface area contributed by atoms with E-state index in [0.29, 0.717) is 0 Å². The number of nitrogens with one attached hydrogen (secondary N) is 1. The molecule has 0 spiro atoms. The number of nitrogens with zero attached hydrogens (tertiary/aromatic N) is 2. The first kappa shape index (κ1) is 11.2. The average molecular weight is 211 g/mol. The third-order valence-corrected chi connectivity index (χ3v) is 1.83. The van der Waals surface area contributed by atoms with Crippen LogP contribution in [0.5, 0.6) is 5.88 Å². The molecule has 0 fully saturated rings. The van der Waals surface area contributed by atoms with Gasteiger partial charge in [-0.25, -0.2) is 4.98 Å². The number of hydrogen-bond donors (Lipinski definition) is 4. The molecule has 0 aliphatic carbocycles. The fourth-order valence-corrected chi connectivity index (χ4v) is 1.07. The van der Waals surface area contributed by atoms with Crippen LogP contribution in [-0.2, 0) is 0 Å². The van der Waals surface area contributed by atoms with E-state index < -0.39 is 29.2 Å². The zero-order valence-corrected chi connectivity index (χ0v) is 7.58. The Morgan fingerprint density at radius 3 is 2.80 bits per heavy atom. The van der Waals surface area contributed by atoms with E-state index in [-0.39, 0.29) is 6.42 Å². The standard InChI is InChI=1S/C8H9N3O4/c9-2-1-4(12)6(13)5-7(14)10-3-11-8(5)15/h3-4,6,12-13H,1H2,(H2,10,11,14,15). The number of aromatic amines is 1. The van der Waals surface area contributed by atoms with Gasteiger partial charge in [0.25, 0.3) is 5.56 Å².